The van der Waals surface area contributed by atoms with Crippen molar-refractivity contribution < 1.29 is 20.1 Å². The van der Waals surface area contributed by atoms with Crippen LogP contribution in [0, 0.1) is 0 Å². The summed E-state index contributed by atoms with van der Waals surface area (Å²) in [5.74, 6) is 0.466. The van der Waals surface area contributed by atoms with Gasteiger partial charge in [-0.15, -0.1) is 0 Å². The van der Waals surface area contributed by atoms with E-state index in [4.69, 9.17) is 10.5 Å². The summed E-state index contributed by atoms with van der Waals surface area (Å²) in [5, 5.41) is 33.4. The van der Waals surface area contributed by atoms with Crippen LogP contribution < -0.4 is 11.1 Å². The first-order valence-corrected chi connectivity index (χ1v) is 11.0. The first kappa shape index (κ1) is 22.2. The highest BCUT2D eigenvalue weighted by molar-refractivity contribution is 5.83. The summed E-state index contributed by atoms with van der Waals surface area (Å²) in [7, 11) is 0. The molecule has 6 N–H and O–H groups in total. The van der Waals surface area contributed by atoms with Crippen molar-refractivity contribution in [3.63, 3.8) is 0 Å². The Hall–Kier alpha value is -3.57. The number of rotatable bonds is 7. The molecule has 2 unspecified atom stereocenters. The van der Waals surface area contributed by atoms with Gasteiger partial charge in [-0.25, -0.2) is 4.98 Å². The topological polar surface area (TPSA) is 152 Å². The van der Waals surface area contributed by atoms with Gasteiger partial charge >= 0.3 is 0 Å². The fourth-order valence-electron chi connectivity index (χ4n) is 4.24. The Morgan fingerprint density at radius 3 is 2.38 bits per heavy atom. The first-order valence-electron chi connectivity index (χ1n) is 11.0. The molecule has 0 aliphatic carbocycles. The number of anilines is 2. The monoisotopic (exact) mass is 462 g/mol. The number of nitrogens with one attached hydrogen (secondary N) is 1. The molecule has 0 saturated carbocycles. The minimum Gasteiger partial charge on any atom is -0.394 e. The van der Waals surface area contributed by atoms with E-state index >= 15 is 0 Å². The number of nitrogens with zero attached hydrogens (tertiary/aromatic N) is 4. The van der Waals surface area contributed by atoms with Gasteiger partial charge in [-0.2, -0.15) is 9.97 Å². The number of hydrogen-bond donors (Lipinski definition) is 5. The molecule has 0 amide bonds. The second kappa shape index (κ2) is 9.35. The van der Waals surface area contributed by atoms with E-state index in [1.54, 1.807) is 0 Å². The number of fused-ring (bicyclic) bond motifs is 1. The van der Waals surface area contributed by atoms with Crippen molar-refractivity contribution in [2.24, 2.45) is 0 Å². The number of nitrogen functional groups attached to an aromatic ring is 1. The van der Waals surface area contributed by atoms with E-state index in [0.717, 1.165) is 11.1 Å². The average Bonchev–Trinajstić information content (AvgIpc) is 3.41. The zero-order valence-corrected chi connectivity index (χ0v) is 18.3. The lowest BCUT2D eigenvalue weighted by Crippen LogP contribution is -2.33. The van der Waals surface area contributed by atoms with Crippen LogP contribution in [0.3, 0.4) is 0 Å². The fraction of sp³-hybridized carbons (Fsp3) is 0.292. The molecule has 5 rings (SSSR count). The molecule has 4 aromatic rings. The summed E-state index contributed by atoms with van der Waals surface area (Å²) in [6.07, 6.45) is -2.27. The predicted molar refractivity (Wildman–Crippen MR) is 126 cm³/mol. The lowest BCUT2D eigenvalue weighted by Gasteiger charge is -2.20. The number of aromatic nitrogens is 4. The maximum absolute atomic E-state index is 10.5. The van der Waals surface area contributed by atoms with Crippen LogP contribution in [0.15, 0.2) is 67.0 Å². The van der Waals surface area contributed by atoms with E-state index < -0.39 is 31.1 Å². The van der Waals surface area contributed by atoms with Crippen molar-refractivity contribution in [1.82, 2.24) is 19.5 Å². The molecule has 1 aliphatic rings. The van der Waals surface area contributed by atoms with Crippen LogP contribution in [-0.4, -0.2) is 59.8 Å². The predicted octanol–water partition coefficient (Wildman–Crippen LogP) is 1.42. The van der Waals surface area contributed by atoms with E-state index in [0.29, 0.717) is 23.5 Å². The van der Waals surface area contributed by atoms with Crippen molar-refractivity contribution in [2.75, 3.05) is 17.7 Å². The quantitative estimate of drug-likeness (QED) is 0.274. The highest BCUT2D eigenvalue weighted by atomic mass is 16.6. The molecule has 1 fully saturated rings. The van der Waals surface area contributed by atoms with E-state index in [-0.39, 0.29) is 11.9 Å². The van der Waals surface area contributed by atoms with Gasteiger partial charge in [0.2, 0.25) is 5.95 Å². The molecule has 2 aromatic carbocycles. The molecule has 0 bridgehead atoms. The normalized spacial score (nSPS) is 23.3. The zero-order chi connectivity index (χ0) is 23.7. The van der Waals surface area contributed by atoms with Crippen LogP contribution in [0.25, 0.3) is 11.2 Å². The van der Waals surface area contributed by atoms with Crippen LogP contribution >= 0.6 is 0 Å². The van der Waals surface area contributed by atoms with Crippen molar-refractivity contribution in [2.45, 2.75) is 37.0 Å². The zero-order valence-electron chi connectivity index (χ0n) is 18.3. The fourth-order valence-corrected chi connectivity index (χ4v) is 4.24. The molecule has 3 heterocycles. The lowest BCUT2D eigenvalue weighted by molar-refractivity contribution is -0.0511. The molecule has 1 aliphatic heterocycles. The van der Waals surface area contributed by atoms with Crippen molar-refractivity contribution in [1.29, 1.82) is 0 Å². The Labute approximate surface area is 195 Å². The van der Waals surface area contributed by atoms with Gasteiger partial charge in [-0.05, 0) is 17.5 Å². The van der Waals surface area contributed by atoms with Gasteiger partial charge in [-0.1, -0.05) is 60.7 Å². The standard InChI is InChI=1S/C24H26N6O4/c25-21-18-22(30(13-26-18)23-20(33)19(32)17(12-31)34-23)29-24(28-21)27-16(15-9-5-2-6-10-15)11-14-7-3-1-4-8-14/h1-10,13,16-17,19-20,23,31-33H,11-12H2,(H3,25,27,28,29)/t16?,17-,19-,20-,23?/m1/s1. The van der Waals surface area contributed by atoms with E-state index in [1.807, 2.05) is 48.5 Å². The molecule has 1 saturated heterocycles. The van der Waals surface area contributed by atoms with E-state index in [9.17, 15) is 15.3 Å². The lowest BCUT2D eigenvalue weighted by atomic mass is 9.99. The van der Waals surface area contributed by atoms with Gasteiger partial charge in [0, 0.05) is 0 Å². The van der Waals surface area contributed by atoms with Gasteiger partial charge in [0.25, 0.3) is 0 Å². The van der Waals surface area contributed by atoms with Crippen molar-refractivity contribution >= 4 is 22.9 Å². The molecule has 34 heavy (non-hydrogen) atoms. The van der Waals surface area contributed by atoms with Gasteiger partial charge in [-0.3, -0.25) is 4.57 Å². The highest BCUT2D eigenvalue weighted by Gasteiger charge is 2.44. The summed E-state index contributed by atoms with van der Waals surface area (Å²) in [6, 6.07) is 19.9. The summed E-state index contributed by atoms with van der Waals surface area (Å²) in [4.78, 5) is 13.3. The van der Waals surface area contributed by atoms with Crippen LogP contribution in [0.2, 0.25) is 0 Å². The summed E-state index contributed by atoms with van der Waals surface area (Å²) in [6.45, 7) is -0.427. The molecule has 5 atom stereocenters. The number of nitrogens with two attached hydrogens (primary N) is 1. The SMILES string of the molecule is Nc1nc(NC(Cc2ccccc2)c2ccccc2)nc2c1ncn2C1O[C@H](CO)[C@@H](O)[C@H]1O. The molecule has 10 heteroatoms. The van der Waals surface area contributed by atoms with Crippen LogP contribution in [0.5, 0.6) is 0 Å². The second-order valence-electron chi connectivity index (χ2n) is 8.28. The largest absolute Gasteiger partial charge is 0.394 e. The van der Waals surface area contributed by atoms with Crippen LogP contribution in [0.1, 0.15) is 23.4 Å². The van der Waals surface area contributed by atoms with Crippen molar-refractivity contribution in [3.8, 4) is 0 Å². The maximum Gasteiger partial charge on any atom is 0.227 e. The average molecular weight is 463 g/mol. The number of benzene rings is 2. The van der Waals surface area contributed by atoms with Crippen LogP contribution in [0.4, 0.5) is 11.8 Å². The molecule has 10 nitrogen and oxygen atoms in total. The molecule has 2 aromatic heterocycles. The van der Waals surface area contributed by atoms with E-state index in [2.05, 4.69) is 32.4 Å². The summed E-state index contributed by atoms with van der Waals surface area (Å²) in [5.41, 5.74) is 9.09. The number of aliphatic hydroxyl groups is 3. The number of imidazole rings is 1. The third-order valence-electron chi connectivity index (χ3n) is 6.03. The van der Waals surface area contributed by atoms with E-state index in [1.165, 1.54) is 10.9 Å². The Balaban J connectivity index is 1.49. The Kier molecular flexibility index (Phi) is 6.12. The Morgan fingerprint density at radius 1 is 1.00 bits per heavy atom. The summed E-state index contributed by atoms with van der Waals surface area (Å²) >= 11 is 0. The van der Waals surface area contributed by atoms with Gasteiger partial charge in [0.1, 0.15) is 23.8 Å². The van der Waals surface area contributed by atoms with Gasteiger partial charge in [0.05, 0.1) is 19.0 Å². The molecular formula is C24H26N6O4. The minimum absolute atomic E-state index is 0.134. The highest BCUT2D eigenvalue weighted by Crippen LogP contribution is 2.32. The van der Waals surface area contributed by atoms with Crippen LogP contribution in [-0.2, 0) is 11.2 Å². The molecule has 0 spiro atoms. The Bertz CT molecular complexity index is 1250. The smallest absolute Gasteiger partial charge is 0.227 e. The third kappa shape index (κ3) is 4.19. The maximum atomic E-state index is 10.5. The minimum atomic E-state index is -1.27. The Morgan fingerprint density at radius 2 is 1.71 bits per heavy atom. The third-order valence-corrected chi connectivity index (χ3v) is 6.03. The number of hydrogen-bond acceptors (Lipinski definition) is 9. The first-order chi connectivity index (χ1) is 16.5. The molecule has 176 valence electrons. The van der Waals surface area contributed by atoms with Gasteiger partial charge in [0.15, 0.2) is 17.7 Å². The molecule has 0 radical (unpaired) electrons. The second-order valence-corrected chi connectivity index (χ2v) is 8.28. The van der Waals surface area contributed by atoms with Gasteiger partial charge < -0.3 is 31.1 Å². The summed E-state index contributed by atoms with van der Waals surface area (Å²) < 4.78 is 7.14. The molecular weight excluding hydrogens is 436 g/mol. The number of ether oxygens (including phenoxy) is 1. The number of aliphatic hydroxyl groups excluding tert-OH is 3. The van der Waals surface area contributed by atoms with Crippen molar-refractivity contribution in [3.05, 3.63) is 78.1 Å².